The van der Waals surface area contributed by atoms with E-state index in [0.717, 1.165) is 0 Å². The van der Waals surface area contributed by atoms with Gasteiger partial charge in [-0.05, 0) is 0 Å². The molecule has 0 saturated carbocycles. The Labute approximate surface area is 61.1 Å². The van der Waals surface area contributed by atoms with Gasteiger partial charge in [-0.15, -0.1) is 0 Å². The molecule has 0 aromatic heterocycles. The van der Waals surface area contributed by atoms with Crippen LogP contribution in [0.4, 0.5) is 4.79 Å². The smallest absolute Gasteiger partial charge is 0.409 e. The maximum atomic E-state index is 10.1. The summed E-state index contributed by atoms with van der Waals surface area (Å²) in [5, 5.41) is 17.8. The SMILES string of the molecule is O=CC=C(NC(=O)O)C(=O)O. The van der Waals surface area contributed by atoms with E-state index < -0.39 is 17.8 Å². The van der Waals surface area contributed by atoms with Gasteiger partial charge in [0, 0.05) is 6.08 Å². The van der Waals surface area contributed by atoms with Crippen molar-refractivity contribution in [1.82, 2.24) is 5.32 Å². The second-order valence-corrected chi connectivity index (χ2v) is 1.45. The molecule has 0 fully saturated rings. The van der Waals surface area contributed by atoms with Gasteiger partial charge in [-0.2, -0.15) is 0 Å². The first-order valence-corrected chi connectivity index (χ1v) is 2.46. The Kier molecular flexibility index (Phi) is 3.36. The Balaban J connectivity index is 4.35. The van der Waals surface area contributed by atoms with Crippen LogP contribution >= 0.6 is 0 Å². The average Bonchev–Trinajstić information content (AvgIpc) is 1.86. The lowest BCUT2D eigenvalue weighted by molar-refractivity contribution is -0.133. The van der Waals surface area contributed by atoms with Crippen molar-refractivity contribution >= 4 is 18.3 Å². The van der Waals surface area contributed by atoms with E-state index >= 15 is 0 Å². The minimum absolute atomic E-state index is 0.180. The Hall–Kier alpha value is -1.85. The molecule has 0 bridgehead atoms. The fourth-order valence-electron chi connectivity index (χ4n) is 0.350. The molecule has 6 heteroatoms. The molecule has 60 valence electrons. The summed E-state index contributed by atoms with van der Waals surface area (Å²) < 4.78 is 0. The molecule has 0 saturated heterocycles. The molecule has 0 heterocycles. The second-order valence-electron chi connectivity index (χ2n) is 1.45. The van der Waals surface area contributed by atoms with Crippen LogP contribution in [0.25, 0.3) is 0 Å². The number of carboxylic acid groups (broad SMARTS) is 2. The van der Waals surface area contributed by atoms with Crippen molar-refractivity contribution in [3.63, 3.8) is 0 Å². The number of carbonyl (C=O) groups excluding carboxylic acids is 1. The number of carboxylic acids is 1. The normalized spacial score (nSPS) is 10.4. The van der Waals surface area contributed by atoms with E-state index in [1.807, 2.05) is 0 Å². The quantitative estimate of drug-likeness (QED) is 0.377. The van der Waals surface area contributed by atoms with Crippen LogP contribution in [0.1, 0.15) is 0 Å². The Morgan fingerprint density at radius 1 is 1.27 bits per heavy atom. The van der Waals surface area contributed by atoms with Crippen LogP contribution in [0.3, 0.4) is 0 Å². The summed E-state index contributed by atoms with van der Waals surface area (Å²) in [6.45, 7) is 0. The zero-order valence-electron chi connectivity index (χ0n) is 5.27. The number of hydrogen-bond acceptors (Lipinski definition) is 3. The van der Waals surface area contributed by atoms with Gasteiger partial charge in [0.15, 0.2) is 0 Å². The monoisotopic (exact) mass is 159 g/mol. The number of carbonyl (C=O) groups is 3. The fraction of sp³-hybridized carbons (Fsp3) is 0. The molecule has 3 N–H and O–H groups in total. The fourth-order valence-corrected chi connectivity index (χ4v) is 0.350. The van der Waals surface area contributed by atoms with Crippen molar-refractivity contribution in [2.75, 3.05) is 0 Å². The summed E-state index contributed by atoms with van der Waals surface area (Å²) in [6, 6.07) is 0. The van der Waals surface area contributed by atoms with Crippen molar-refractivity contribution in [2.45, 2.75) is 0 Å². The van der Waals surface area contributed by atoms with Crippen LogP contribution in [0.2, 0.25) is 0 Å². The molecule has 0 rings (SSSR count). The number of amides is 1. The molecule has 0 aromatic carbocycles. The van der Waals surface area contributed by atoms with Crippen molar-refractivity contribution in [3.05, 3.63) is 11.8 Å². The number of rotatable bonds is 3. The highest BCUT2D eigenvalue weighted by Crippen LogP contribution is 1.86. The van der Waals surface area contributed by atoms with Crippen LogP contribution in [-0.4, -0.2) is 28.6 Å². The summed E-state index contributed by atoms with van der Waals surface area (Å²) in [6.07, 6.45) is -0.740. The third kappa shape index (κ3) is 3.68. The minimum Gasteiger partial charge on any atom is -0.477 e. The molecular weight excluding hydrogens is 154 g/mol. The second kappa shape index (κ2) is 4.04. The van der Waals surface area contributed by atoms with E-state index in [1.54, 1.807) is 0 Å². The van der Waals surface area contributed by atoms with Gasteiger partial charge >= 0.3 is 12.1 Å². The van der Waals surface area contributed by atoms with Crippen LogP contribution in [0, 0.1) is 0 Å². The molecule has 0 aromatic rings. The first-order valence-electron chi connectivity index (χ1n) is 2.46. The molecule has 0 aliphatic rings. The van der Waals surface area contributed by atoms with E-state index in [-0.39, 0.29) is 6.29 Å². The molecule has 0 atom stereocenters. The Bertz CT molecular complexity index is 219. The third-order valence-corrected chi connectivity index (χ3v) is 0.707. The van der Waals surface area contributed by atoms with Crippen molar-refractivity contribution in [2.24, 2.45) is 0 Å². The third-order valence-electron chi connectivity index (χ3n) is 0.707. The first kappa shape index (κ1) is 9.15. The largest absolute Gasteiger partial charge is 0.477 e. The topological polar surface area (TPSA) is 104 Å². The zero-order valence-corrected chi connectivity index (χ0v) is 5.27. The average molecular weight is 159 g/mol. The lowest BCUT2D eigenvalue weighted by Gasteiger charge is -1.97. The van der Waals surface area contributed by atoms with Gasteiger partial charge in [-0.25, -0.2) is 9.59 Å². The van der Waals surface area contributed by atoms with Crippen molar-refractivity contribution < 1.29 is 24.6 Å². The summed E-state index contributed by atoms with van der Waals surface area (Å²) in [5.41, 5.74) is -0.674. The van der Waals surface area contributed by atoms with Gasteiger partial charge in [0.05, 0.1) is 0 Å². The first-order chi connectivity index (χ1) is 5.07. The molecule has 1 amide bonds. The predicted octanol–water partition coefficient (Wildman–Crippen LogP) is -0.579. The predicted molar refractivity (Wildman–Crippen MR) is 32.9 cm³/mol. The van der Waals surface area contributed by atoms with Crippen LogP contribution in [0.15, 0.2) is 11.8 Å². The molecule has 0 unspecified atom stereocenters. The van der Waals surface area contributed by atoms with E-state index in [2.05, 4.69) is 0 Å². The number of nitrogens with one attached hydrogen (secondary N) is 1. The summed E-state index contributed by atoms with van der Waals surface area (Å²) in [4.78, 5) is 29.7. The lowest BCUT2D eigenvalue weighted by atomic mass is 10.4. The van der Waals surface area contributed by atoms with E-state index in [0.29, 0.717) is 6.08 Å². The highest BCUT2D eigenvalue weighted by molar-refractivity contribution is 5.93. The Morgan fingerprint density at radius 3 is 2.09 bits per heavy atom. The molecule has 6 nitrogen and oxygen atoms in total. The minimum atomic E-state index is -1.53. The van der Waals surface area contributed by atoms with Crippen molar-refractivity contribution in [3.8, 4) is 0 Å². The van der Waals surface area contributed by atoms with Gasteiger partial charge in [0.25, 0.3) is 0 Å². The van der Waals surface area contributed by atoms with Gasteiger partial charge in [-0.1, -0.05) is 0 Å². The molecule has 0 aliphatic carbocycles. The van der Waals surface area contributed by atoms with Gasteiger partial charge in [0.2, 0.25) is 0 Å². The van der Waals surface area contributed by atoms with Gasteiger partial charge < -0.3 is 10.2 Å². The standard InChI is InChI=1S/C5H5NO5/c7-2-1-3(4(8)9)6-5(10)11/h1-2,6H,(H,8,9)(H,10,11). The zero-order chi connectivity index (χ0) is 8.85. The summed E-state index contributed by atoms with van der Waals surface area (Å²) >= 11 is 0. The van der Waals surface area contributed by atoms with Crippen LogP contribution < -0.4 is 5.32 Å². The highest BCUT2D eigenvalue weighted by atomic mass is 16.4. The molecule has 11 heavy (non-hydrogen) atoms. The molecule has 0 radical (unpaired) electrons. The van der Waals surface area contributed by atoms with Gasteiger partial charge in [0.1, 0.15) is 12.0 Å². The number of aldehydes is 1. The van der Waals surface area contributed by atoms with Crippen LogP contribution in [-0.2, 0) is 9.59 Å². The lowest BCUT2D eigenvalue weighted by Crippen LogP contribution is -2.25. The molecule has 0 aliphatic heterocycles. The van der Waals surface area contributed by atoms with E-state index in [1.165, 1.54) is 5.32 Å². The van der Waals surface area contributed by atoms with Gasteiger partial charge in [-0.3, -0.25) is 10.1 Å². The van der Waals surface area contributed by atoms with Crippen LogP contribution in [0.5, 0.6) is 0 Å². The number of allylic oxidation sites excluding steroid dienone is 1. The molecular formula is C5H5NO5. The molecule has 0 spiro atoms. The maximum Gasteiger partial charge on any atom is 0.409 e. The van der Waals surface area contributed by atoms with Crippen molar-refractivity contribution in [1.29, 1.82) is 0 Å². The number of hydrogen-bond donors (Lipinski definition) is 3. The number of aliphatic carboxylic acids is 1. The Morgan fingerprint density at radius 2 is 1.82 bits per heavy atom. The van der Waals surface area contributed by atoms with E-state index in [9.17, 15) is 14.4 Å². The summed E-state index contributed by atoms with van der Waals surface area (Å²) in [5.74, 6) is -1.50. The summed E-state index contributed by atoms with van der Waals surface area (Å²) in [7, 11) is 0. The maximum absolute atomic E-state index is 10.1. The highest BCUT2D eigenvalue weighted by Gasteiger charge is 2.08. The van der Waals surface area contributed by atoms with E-state index in [4.69, 9.17) is 10.2 Å².